The fourth-order valence-corrected chi connectivity index (χ4v) is 1.53. The minimum absolute atomic E-state index is 0.125. The number of hydrogen-bond acceptors (Lipinski definition) is 3. The smallest absolute Gasteiger partial charge is 0.128 e. The van der Waals surface area contributed by atoms with Gasteiger partial charge in [-0.15, -0.1) is 0 Å². The lowest BCUT2D eigenvalue weighted by atomic mass is 9.93. The summed E-state index contributed by atoms with van der Waals surface area (Å²) in [5.41, 5.74) is 6.89. The average molecular weight is 207 g/mol. The molecule has 0 aliphatic rings. The van der Waals surface area contributed by atoms with Gasteiger partial charge < -0.3 is 10.6 Å². The van der Waals surface area contributed by atoms with Crippen LogP contribution in [0.25, 0.3) is 0 Å². The van der Waals surface area contributed by atoms with Gasteiger partial charge in [0, 0.05) is 19.3 Å². The van der Waals surface area contributed by atoms with Gasteiger partial charge in [-0.3, -0.25) is 0 Å². The van der Waals surface area contributed by atoms with Crippen molar-refractivity contribution in [2.75, 3.05) is 25.0 Å². The fraction of sp³-hybridized carbons (Fsp3) is 0.583. The molecule has 1 aromatic heterocycles. The Labute approximate surface area is 92.3 Å². The molecule has 0 atom stereocenters. The van der Waals surface area contributed by atoms with Gasteiger partial charge in [0.2, 0.25) is 0 Å². The van der Waals surface area contributed by atoms with E-state index in [1.165, 1.54) is 0 Å². The van der Waals surface area contributed by atoms with Crippen LogP contribution in [0.5, 0.6) is 0 Å². The van der Waals surface area contributed by atoms with E-state index in [0.29, 0.717) is 6.54 Å². The Hall–Kier alpha value is -1.09. The van der Waals surface area contributed by atoms with Gasteiger partial charge in [0.15, 0.2) is 0 Å². The molecule has 0 unspecified atom stereocenters. The summed E-state index contributed by atoms with van der Waals surface area (Å²) in [5.74, 6) is 1.01. The van der Waals surface area contributed by atoms with Gasteiger partial charge in [0.05, 0.1) is 0 Å². The van der Waals surface area contributed by atoms with Crippen LogP contribution in [0.4, 0.5) is 5.82 Å². The second-order valence-corrected chi connectivity index (χ2v) is 4.86. The Balaban J connectivity index is 2.73. The third-order valence-electron chi connectivity index (χ3n) is 2.48. The zero-order chi connectivity index (χ0) is 11.5. The van der Waals surface area contributed by atoms with Crippen LogP contribution in [0, 0.1) is 12.3 Å². The molecule has 84 valence electrons. The van der Waals surface area contributed by atoms with E-state index in [2.05, 4.69) is 30.8 Å². The molecular formula is C12H21N3. The van der Waals surface area contributed by atoms with E-state index in [-0.39, 0.29) is 5.41 Å². The topological polar surface area (TPSA) is 42.1 Å². The first-order valence-corrected chi connectivity index (χ1v) is 5.29. The minimum Gasteiger partial charge on any atom is -0.359 e. The quantitative estimate of drug-likeness (QED) is 0.818. The second-order valence-electron chi connectivity index (χ2n) is 4.86. The second kappa shape index (κ2) is 4.62. The maximum absolute atomic E-state index is 5.72. The van der Waals surface area contributed by atoms with Gasteiger partial charge in [-0.1, -0.05) is 19.9 Å². The van der Waals surface area contributed by atoms with Crippen LogP contribution >= 0.6 is 0 Å². The van der Waals surface area contributed by atoms with E-state index in [1.807, 2.05) is 25.1 Å². The van der Waals surface area contributed by atoms with Crippen LogP contribution < -0.4 is 10.6 Å². The Morgan fingerprint density at radius 2 is 2.07 bits per heavy atom. The minimum atomic E-state index is 0.125. The summed E-state index contributed by atoms with van der Waals surface area (Å²) in [7, 11) is 2.05. The number of nitrogens with two attached hydrogens (primary N) is 1. The molecule has 0 saturated heterocycles. The summed E-state index contributed by atoms with van der Waals surface area (Å²) in [6, 6.07) is 6.06. The molecule has 0 aliphatic heterocycles. The number of pyridine rings is 1. The maximum Gasteiger partial charge on any atom is 0.128 e. The molecule has 2 N–H and O–H groups in total. The molecule has 0 radical (unpaired) electrons. The van der Waals surface area contributed by atoms with E-state index in [4.69, 9.17) is 5.73 Å². The van der Waals surface area contributed by atoms with Crippen molar-refractivity contribution in [2.45, 2.75) is 20.8 Å². The van der Waals surface area contributed by atoms with Crippen molar-refractivity contribution in [3.63, 3.8) is 0 Å². The normalized spacial score (nSPS) is 11.5. The van der Waals surface area contributed by atoms with Crippen LogP contribution in [0.1, 0.15) is 19.5 Å². The van der Waals surface area contributed by atoms with E-state index >= 15 is 0 Å². The van der Waals surface area contributed by atoms with Gasteiger partial charge in [-0.25, -0.2) is 4.98 Å². The highest BCUT2D eigenvalue weighted by Crippen LogP contribution is 2.18. The zero-order valence-corrected chi connectivity index (χ0v) is 10.1. The summed E-state index contributed by atoms with van der Waals surface area (Å²) in [6.07, 6.45) is 0. The molecule has 3 heteroatoms. The highest BCUT2D eigenvalue weighted by Gasteiger charge is 2.18. The van der Waals surface area contributed by atoms with Gasteiger partial charge in [0.1, 0.15) is 5.82 Å². The number of aromatic nitrogens is 1. The third-order valence-corrected chi connectivity index (χ3v) is 2.48. The maximum atomic E-state index is 5.72. The molecule has 0 amide bonds. The van der Waals surface area contributed by atoms with Crippen molar-refractivity contribution in [1.82, 2.24) is 4.98 Å². The van der Waals surface area contributed by atoms with Crippen LogP contribution in [0.3, 0.4) is 0 Å². The summed E-state index contributed by atoms with van der Waals surface area (Å²) < 4.78 is 0. The van der Waals surface area contributed by atoms with Gasteiger partial charge in [-0.05, 0) is 31.0 Å². The van der Waals surface area contributed by atoms with Crippen LogP contribution in [0.2, 0.25) is 0 Å². The Bertz CT molecular complexity index is 320. The molecule has 1 rings (SSSR count). The van der Waals surface area contributed by atoms with Crippen LogP contribution in [-0.2, 0) is 0 Å². The molecule has 0 bridgehead atoms. The van der Waals surface area contributed by atoms with Gasteiger partial charge in [-0.2, -0.15) is 0 Å². The lowest BCUT2D eigenvalue weighted by Gasteiger charge is -2.29. The molecule has 0 aliphatic carbocycles. The van der Waals surface area contributed by atoms with E-state index in [0.717, 1.165) is 18.1 Å². The molecule has 15 heavy (non-hydrogen) atoms. The van der Waals surface area contributed by atoms with Gasteiger partial charge in [0.25, 0.3) is 0 Å². The molecule has 1 aromatic rings. The Morgan fingerprint density at radius 1 is 1.40 bits per heavy atom. The zero-order valence-electron chi connectivity index (χ0n) is 10.1. The average Bonchev–Trinajstić information content (AvgIpc) is 2.17. The standard InChI is InChI=1S/C12H21N3/c1-10-6-5-7-11(14-10)15(4)9-12(2,3)8-13/h5-7H,8-9,13H2,1-4H3. The Kier molecular flexibility index (Phi) is 3.69. The lowest BCUT2D eigenvalue weighted by Crippen LogP contribution is -2.37. The van der Waals surface area contributed by atoms with Crippen LogP contribution in [0.15, 0.2) is 18.2 Å². The summed E-state index contributed by atoms with van der Waals surface area (Å²) in [5, 5.41) is 0. The molecule has 1 heterocycles. The molecule has 3 nitrogen and oxygen atoms in total. The number of anilines is 1. The fourth-order valence-electron chi connectivity index (χ4n) is 1.53. The molecule has 0 fully saturated rings. The molecule has 0 saturated carbocycles. The summed E-state index contributed by atoms with van der Waals surface area (Å²) >= 11 is 0. The molecule has 0 spiro atoms. The number of hydrogen-bond donors (Lipinski definition) is 1. The molecular weight excluding hydrogens is 186 g/mol. The van der Waals surface area contributed by atoms with E-state index in [1.54, 1.807) is 0 Å². The first kappa shape index (κ1) is 12.0. The van der Waals surface area contributed by atoms with Gasteiger partial charge >= 0.3 is 0 Å². The predicted octanol–water partition coefficient (Wildman–Crippen LogP) is 1.81. The van der Waals surface area contributed by atoms with Crippen molar-refractivity contribution < 1.29 is 0 Å². The summed E-state index contributed by atoms with van der Waals surface area (Å²) in [4.78, 5) is 6.63. The first-order valence-electron chi connectivity index (χ1n) is 5.29. The largest absolute Gasteiger partial charge is 0.359 e. The van der Waals surface area contributed by atoms with Crippen molar-refractivity contribution in [3.05, 3.63) is 23.9 Å². The van der Waals surface area contributed by atoms with E-state index < -0.39 is 0 Å². The summed E-state index contributed by atoms with van der Waals surface area (Å²) in [6.45, 7) is 7.94. The first-order chi connectivity index (χ1) is 6.94. The Morgan fingerprint density at radius 3 is 2.60 bits per heavy atom. The number of aryl methyl sites for hydroxylation is 1. The number of nitrogens with zero attached hydrogens (tertiary/aromatic N) is 2. The van der Waals surface area contributed by atoms with Crippen molar-refractivity contribution in [2.24, 2.45) is 11.1 Å². The van der Waals surface area contributed by atoms with Crippen molar-refractivity contribution in [1.29, 1.82) is 0 Å². The third kappa shape index (κ3) is 3.51. The number of rotatable bonds is 4. The van der Waals surface area contributed by atoms with Crippen LogP contribution in [-0.4, -0.2) is 25.1 Å². The highest BCUT2D eigenvalue weighted by atomic mass is 15.2. The highest BCUT2D eigenvalue weighted by molar-refractivity contribution is 5.38. The lowest BCUT2D eigenvalue weighted by molar-refractivity contribution is 0.384. The predicted molar refractivity (Wildman–Crippen MR) is 65.1 cm³/mol. The van der Waals surface area contributed by atoms with Crippen molar-refractivity contribution >= 4 is 5.82 Å². The monoisotopic (exact) mass is 207 g/mol. The van der Waals surface area contributed by atoms with Crippen molar-refractivity contribution in [3.8, 4) is 0 Å². The van der Waals surface area contributed by atoms with E-state index in [9.17, 15) is 0 Å². The molecule has 0 aromatic carbocycles. The SMILES string of the molecule is Cc1cccc(N(C)CC(C)(C)CN)n1.